The van der Waals surface area contributed by atoms with Crippen molar-refractivity contribution in [2.24, 2.45) is 0 Å². The van der Waals surface area contributed by atoms with Gasteiger partial charge in [0, 0.05) is 50.3 Å². The topological polar surface area (TPSA) is 75.9 Å². The summed E-state index contributed by atoms with van der Waals surface area (Å²) in [6.07, 6.45) is 3.89. The number of hydrogen-bond acceptors (Lipinski definition) is 4. The SMILES string of the molecule is CCC(=O)N1CCO[C@@H](Cc2c(-c3ccc(C(=O)NC)cc3CC)nc3cc(C)ccn23)C1. The van der Waals surface area contributed by atoms with Crippen molar-refractivity contribution in [3.8, 4) is 11.3 Å². The van der Waals surface area contributed by atoms with Crippen LogP contribution in [-0.4, -0.2) is 58.9 Å². The first kappa shape index (κ1) is 23.0. The van der Waals surface area contributed by atoms with Gasteiger partial charge in [0.15, 0.2) is 0 Å². The third-order valence-corrected chi connectivity index (χ3v) is 6.33. The fourth-order valence-electron chi connectivity index (χ4n) is 4.52. The lowest BCUT2D eigenvalue weighted by molar-refractivity contribution is -0.138. The molecule has 1 saturated heterocycles. The van der Waals surface area contributed by atoms with Gasteiger partial charge in [0.25, 0.3) is 5.91 Å². The number of pyridine rings is 1. The molecule has 0 unspecified atom stereocenters. The number of fused-ring (bicyclic) bond motifs is 1. The predicted molar refractivity (Wildman–Crippen MR) is 128 cm³/mol. The Morgan fingerprint density at radius 1 is 1.21 bits per heavy atom. The molecule has 1 atom stereocenters. The molecule has 2 aromatic heterocycles. The van der Waals surface area contributed by atoms with Crippen LogP contribution < -0.4 is 5.32 Å². The van der Waals surface area contributed by atoms with Gasteiger partial charge in [0.1, 0.15) is 5.65 Å². The van der Waals surface area contributed by atoms with Crippen LogP contribution >= 0.6 is 0 Å². The number of imidazole rings is 1. The molecule has 1 aromatic carbocycles. The fraction of sp³-hybridized carbons (Fsp3) is 0.423. The molecule has 2 amide bonds. The Labute approximate surface area is 194 Å². The zero-order chi connectivity index (χ0) is 23.5. The first-order chi connectivity index (χ1) is 15.9. The van der Waals surface area contributed by atoms with Gasteiger partial charge in [0.2, 0.25) is 5.91 Å². The quantitative estimate of drug-likeness (QED) is 0.627. The van der Waals surface area contributed by atoms with E-state index < -0.39 is 0 Å². The lowest BCUT2D eigenvalue weighted by atomic mass is 9.96. The van der Waals surface area contributed by atoms with Crippen LogP contribution in [0.3, 0.4) is 0 Å². The smallest absolute Gasteiger partial charge is 0.251 e. The Hall–Kier alpha value is -3.19. The minimum absolute atomic E-state index is 0.0931. The molecule has 0 radical (unpaired) electrons. The molecule has 3 heterocycles. The van der Waals surface area contributed by atoms with E-state index >= 15 is 0 Å². The highest BCUT2D eigenvalue weighted by atomic mass is 16.5. The van der Waals surface area contributed by atoms with Crippen molar-refractivity contribution in [2.75, 3.05) is 26.7 Å². The maximum absolute atomic E-state index is 12.3. The van der Waals surface area contributed by atoms with Gasteiger partial charge in [-0.3, -0.25) is 9.59 Å². The molecule has 0 aliphatic carbocycles. The van der Waals surface area contributed by atoms with Crippen LogP contribution in [0.5, 0.6) is 0 Å². The Balaban J connectivity index is 1.77. The number of benzene rings is 1. The number of aromatic nitrogens is 2. The Kier molecular flexibility index (Phi) is 6.79. The van der Waals surface area contributed by atoms with Crippen LogP contribution in [0.25, 0.3) is 16.9 Å². The molecular formula is C26H32N4O3. The number of carbonyl (C=O) groups is 2. The van der Waals surface area contributed by atoms with Crippen LogP contribution in [0.1, 0.15) is 47.4 Å². The monoisotopic (exact) mass is 448 g/mol. The summed E-state index contributed by atoms with van der Waals surface area (Å²) in [7, 11) is 1.64. The highest BCUT2D eigenvalue weighted by molar-refractivity contribution is 5.95. The standard InChI is InChI=1S/C26H32N4O3/c1-5-18-14-19(26(32)27-4)7-8-21(18)25-22(30-10-9-17(3)13-23(30)28-25)15-20-16-29(11-12-33-20)24(31)6-2/h7-10,13-14,20H,5-6,11-12,15-16H2,1-4H3,(H,27,32)/t20-/m0/s1. The molecule has 0 spiro atoms. The van der Waals surface area contributed by atoms with Crippen LogP contribution in [-0.2, 0) is 22.4 Å². The Morgan fingerprint density at radius 2 is 2.03 bits per heavy atom. The zero-order valence-electron chi connectivity index (χ0n) is 19.9. The van der Waals surface area contributed by atoms with Crippen LogP contribution in [0.2, 0.25) is 0 Å². The normalized spacial score (nSPS) is 16.2. The van der Waals surface area contributed by atoms with Gasteiger partial charge in [-0.05, 0) is 48.7 Å². The third kappa shape index (κ3) is 4.64. The van der Waals surface area contributed by atoms with Gasteiger partial charge < -0.3 is 19.4 Å². The van der Waals surface area contributed by atoms with E-state index in [1.807, 2.05) is 30.0 Å². The molecule has 1 N–H and O–H groups in total. The maximum Gasteiger partial charge on any atom is 0.251 e. The molecule has 33 heavy (non-hydrogen) atoms. The van der Waals surface area contributed by atoms with Gasteiger partial charge in [-0.1, -0.05) is 19.9 Å². The second-order valence-corrected chi connectivity index (χ2v) is 8.53. The number of aryl methyl sites for hydroxylation is 2. The number of hydrogen-bond donors (Lipinski definition) is 1. The lowest BCUT2D eigenvalue weighted by Crippen LogP contribution is -2.46. The number of ether oxygens (including phenoxy) is 1. The number of nitrogens with zero attached hydrogens (tertiary/aromatic N) is 3. The predicted octanol–water partition coefficient (Wildman–Crippen LogP) is 3.41. The van der Waals surface area contributed by atoms with Crippen molar-refractivity contribution in [2.45, 2.75) is 46.1 Å². The van der Waals surface area contributed by atoms with Gasteiger partial charge in [-0.15, -0.1) is 0 Å². The van der Waals surface area contributed by atoms with E-state index in [0.29, 0.717) is 38.1 Å². The van der Waals surface area contributed by atoms with Crippen molar-refractivity contribution >= 4 is 17.5 Å². The third-order valence-electron chi connectivity index (χ3n) is 6.33. The Morgan fingerprint density at radius 3 is 2.76 bits per heavy atom. The molecule has 7 nitrogen and oxygen atoms in total. The molecule has 7 heteroatoms. The van der Waals surface area contributed by atoms with Crippen molar-refractivity contribution in [1.29, 1.82) is 0 Å². The summed E-state index contributed by atoms with van der Waals surface area (Å²) in [5.41, 5.74) is 6.73. The van der Waals surface area contributed by atoms with E-state index in [9.17, 15) is 9.59 Å². The second-order valence-electron chi connectivity index (χ2n) is 8.53. The minimum atomic E-state index is -0.0987. The first-order valence-electron chi connectivity index (χ1n) is 11.7. The highest BCUT2D eigenvalue weighted by Gasteiger charge is 2.27. The molecule has 0 saturated carbocycles. The van der Waals surface area contributed by atoms with Gasteiger partial charge >= 0.3 is 0 Å². The number of nitrogens with one attached hydrogen (secondary N) is 1. The van der Waals surface area contributed by atoms with E-state index in [1.165, 1.54) is 0 Å². The van der Waals surface area contributed by atoms with Crippen LogP contribution in [0.15, 0.2) is 36.5 Å². The summed E-state index contributed by atoms with van der Waals surface area (Å²) in [4.78, 5) is 31.3. The molecule has 174 valence electrons. The number of carbonyl (C=O) groups excluding carboxylic acids is 2. The minimum Gasteiger partial charge on any atom is -0.374 e. The number of morpholine rings is 1. The highest BCUT2D eigenvalue weighted by Crippen LogP contribution is 2.31. The van der Waals surface area contributed by atoms with E-state index in [0.717, 1.165) is 40.1 Å². The average molecular weight is 449 g/mol. The summed E-state index contributed by atoms with van der Waals surface area (Å²) >= 11 is 0. The summed E-state index contributed by atoms with van der Waals surface area (Å²) in [5.74, 6) is 0.0636. The van der Waals surface area contributed by atoms with E-state index in [1.54, 1.807) is 7.05 Å². The number of amides is 2. The van der Waals surface area contributed by atoms with Crippen LogP contribution in [0, 0.1) is 6.92 Å². The van der Waals surface area contributed by atoms with Crippen molar-refractivity contribution in [3.63, 3.8) is 0 Å². The van der Waals surface area contributed by atoms with Gasteiger partial charge in [-0.25, -0.2) is 4.98 Å². The van der Waals surface area contributed by atoms with E-state index in [-0.39, 0.29) is 17.9 Å². The molecule has 0 bridgehead atoms. The maximum atomic E-state index is 12.3. The first-order valence-corrected chi connectivity index (χ1v) is 11.7. The van der Waals surface area contributed by atoms with Crippen molar-refractivity contribution in [1.82, 2.24) is 19.6 Å². The molecule has 4 rings (SSSR count). The Bertz CT molecular complexity index is 1180. The van der Waals surface area contributed by atoms with Crippen LogP contribution in [0.4, 0.5) is 0 Å². The number of rotatable bonds is 6. The van der Waals surface area contributed by atoms with Crippen molar-refractivity contribution in [3.05, 3.63) is 58.9 Å². The largest absolute Gasteiger partial charge is 0.374 e. The lowest BCUT2D eigenvalue weighted by Gasteiger charge is -2.33. The summed E-state index contributed by atoms with van der Waals surface area (Å²) in [5, 5.41) is 2.70. The summed E-state index contributed by atoms with van der Waals surface area (Å²) in [6.45, 7) is 7.81. The summed E-state index contributed by atoms with van der Waals surface area (Å²) in [6, 6.07) is 9.95. The van der Waals surface area contributed by atoms with E-state index in [2.05, 4.69) is 41.9 Å². The van der Waals surface area contributed by atoms with Gasteiger partial charge in [0.05, 0.1) is 24.1 Å². The average Bonchev–Trinajstić information content (AvgIpc) is 3.19. The molecule has 1 aliphatic rings. The zero-order valence-corrected chi connectivity index (χ0v) is 19.9. The van der Waals surface area contributed by atoms with Crippen molar-refractivity contribution < 1.29 is 14.3 Å². The molecule has 3 aromatic rings. The fourth-order valence-corrected chi connectivity index (χ4v) is 4.52. The van der Waals surface area contributed by atoms with Gasteiger partial charge in [-0.2, -0.15) is 0 Å². The summed E-state index contributed by atoms with van der Waals surface area (Å²) < 4.78 is 8.20. The molecule has 1 aliphatic heterocycles. The molecular weight excluding hydrogens is 416 g/mol. The molecule has 1 fully saturated rings. The van der Waals surface area contributed by atoms with E-state index in [4.69, 9.17) is 9.72 Å². The second kappa shape index (κ2) is 9.75.